The van der Waals surface area contributed by atoms with Crippen molar-refractivity contribution in [1.29, 1.82) is 0 Å². The Hall–Kier alpha value is -1.31. The van der Waals surface area contributed by atoms with E-state index in [1.165, 1.54) is 30.4 Å². The third-order valence-electron chi connectivity index (χ3n) is 5.28. The Morgan fingerprint density at radius 1 is 1.15 bits per heavy atom. The van der Waals surface area contributed by atoms with Crippen LogP contribution in [0.4, 0.5) is 0 Å². The zero-order valence-electron chi connectivity index (χ0n) is 12.6. The summed E-state index contributed by atoms with van der Waals surface area (Å²) in [6.45, 7) is 2.91. The van der Waals surface area contributed by atoms with Crippen molar-refractivity contribution in [3.05, 3.63) is 35.4 Å². The zero-order valence-corrected chi connectivity index (χ0v) is 12.6. The monoisotopic (exact) mass is 271 g/mol. The fourth-order valence-electron chi connectivity index (χ4n) is 4.06. The van der Waals surface area contributed by atoms with Crippen LogP contribution in [0.1, 0.15) is 43.7 Å². The molecule has 1 aromatic rings. The lowest BCUT2D eigenvalue weighted by Gasteiger charge is -2.26. The van der Waals surface area contributed by atoms with Crippen LogP contribution < -0.4 is 0 Å². The summed E-state index contributed by atoms with van der Waals surface area (Å²) in [7, 11) is 1.96. The number of rotatable bonds is 4. The van der Waals surface area contributed by atoms with Crippen LogP contribution >= 0.6 is 0 Å². The second-order valence-corrected chi connectivity index (χ2v) is 6.65. The molecular weight excluding hydrogens is 246 g/mol. The van der Waals surface area contributed by atoms with Crippen LogP contribution in [0.15, 0.2) is 24.3 Å². The van der Waals surface area contributed by atoms with Gasteiger partial charge < -0.3 is 4.90 Å². The maximum atomic E-state index is 12.6. The second-order valence-electron chi connectivity index (χ2n) is 6.65. The van der Waals surface area contributed by atoms with Gasteiger partial charge in [-0.1, -0.05) is 37.6 Å². The summed E-state index contributed by atoms with van der Waals surface area (Å²) in [5.74, 6) is 2.20. The molecule has 20 heavy (non-hydrogen) atoms. The zero-order chi connectivity index (χ0) is 14.1. The molecule has 2 bridgehead atoms. The van der Waals surface area contributed by atoms with Crippen molar-refractivity contribution in [1.82, 2.24) is 4.90 Å². The predicted molar refractivity (Wildman–Crippen MR) is 81.2 cm³/mol. The first-order valence-electron chi connectivity index (χ1n) is 8.00. The first-order valence-corrected chi connectivity index (χ1v) is 8.00. The van der Waals surface area contributed by atoms with E-state index in [1.54, 1.807) is 0 Å². The third-order valence-corrected chi connectivity index (χ3v) is 5.28. The molecule has 2 aliphatic rings. The molecule has 0 saturated heterocycles. The van der Waals surface area contributed by atoms with Crippen molar-refractivity contribution in [3.8, 4) is 0 Å². The van der Waals surface area contributed by atoms with Crippen LogP contribution in [-0.2, 0) is 17.8 Å². The molecule has 3 atom stereocenters. The summed E-state index contributed by atoms with van der Waals surface area (Å²) in [6, 6.07) is 8.66. The molecule has 1 aromatic carbocycles. The second kappa shape index (κ2) is 5.59. The smallest absolute Gasteiger partial charge is 0.226 e. The molecule has 108 valence electrons. The highest BCUT2D eigenvalue weighted by molar-refractivity contribution is 5.79. The van der Waals surface area contributed by atoms with E-state index in [9.17, 15) is 4.79 Å². The number of benzene rings is 1. The average molecular weight is 271 g/mol. The van der Waals surface area contributed by atoms with Crippen molar-refractivity contribution >= 4 is 5.91 Å². The van der Waals surface area contributed by atoms with Crippen molar-refractivity contribution < 1.29 is 4.79 Å². The number of hydrogen-bond donors (Lipinski definition) is 0. The molecule has 0 aliphatic heterocycles. The lowest BCUT2D eigenvalue weighted by Crippen LogP contribution is -2.35. The predicted octanol–water partition coefficient (Wildman–Crippen LogP) is 3.64. The highest BCUT2D eigenvalue weighted by atomic mass is 16.2. The maximum Gasteiger partial charge on any atom is 0.226 e. The summed E-state index contributed by atoms with van der Waals surface area (Å²) < 4.78 is 0. The van der Waals surface area contributed by atoms with E-state index in [0.717, 1.165) is 25.3 Å². The summed E-state index contributed by atoms with van der Waals surface area (Å²) in [5.41, 5.74) is 2.59. The molecule has 2 aliphatic carbocycles. The van der Waals surface area contributed by atoms with Crippen LogP contribution in [-0.4, -0.2) is 17.9 Å². The molecule has 2 heteroatoms. The number of amides is 1. The lowest BCUT2D eigenvalue weighted by atomic mass is 9.88. The topological polar surface area (TPSA) is 20.3 Å². The van der Waals surface area contributed by atoms with Gasteiger partial charge in [0.15, 0.2) is 0 Å². The molecule has 0 radical (unpaired) electrons. The average Bonchev–Trinajstić information content (AvgIpc) is 3.10. The fourth-order valence-corrected chi connectivity index (χ4v) is 4.06. The molecule has 0 spiro atoms. The van der Waals surface area contributed by atoms with E-state index in [-0.39, 0.29) is 0 Å². The third kappa shape index (κ3) is 2.61. The molecular formula is C18H25NO. The van der Waals surface area contributed by atoms with Crippen LogP contribution in [0.3, 0.4) is 0 Å². The van der Waals surface area contributed by atoms with Gasteiger partial charge in [-0.25, -0.2) is 0 Å². The number of nitrogens with zero attached hydrogens (tertiary/aromatic N) is 1. The highest BCUT2D eigenvalue weighted by Gasteiger charge is 2.43. The van der Waals surface area contributed by atoms with Crippen molar-refractivity contribution in [2.24, 2.45) is 17.8 Å². The summed E-state index contributed by atoms with van der Waals surface area (Å²) >= 11 is 0. The molecule has 3 rings (SSSR count). The van der Waals surface area contributed by atoms with Crippen molar-refractivity contribution in [3.63, 3.8) is 0 Å². The van der Waals surface area contributed by atoms with Gasteiger partial charge in [-0.3, -0.25) is 4.79 Å². The van der Waals surface area contributed by atoms with Gasteiger partial charge in [0.2, 0.25) is 5.91 Å². The molecule has 3 unspecified atom stereocenters. The minimum Gasteiger partial charge on any atom is -0.341 e. The Kier molecular flexibility index (Phi) is 3.82. The summed E-state index contributed by atoms with van der Waals surface area (Å²) in [5, 5.41) is 0. The molecule has 0 aromatic heterocycles. The van der Waals surface area contributed by atoms with E-state index in [0.29, 0.717) is 17.7 Å². The molecule has 2 fully saturated rings. The summed E-state index contributed by atoms with van der Waals surface area (Å²) in [4.78, 5) is 14.5. The van der Waals surface area contributed by atoms with Crippen LogP contribution in [0.2, 0.25) is 0 Å². The minimum atomic E-state index is 0.314. The van der Waals surface area contributed by atoms with Gasteiger partial charge >= 0.3 is 0 Å². The van der Waals surface area contributed by atoms with E-state index in [2.05, 4.69) is 31.2 Å². The SMILES string of the molecule is CCc1ccc(CN(C)C(=O)C2CC3CCC2C3)cc1. The van der Waals surface area contributed by atoms with E-state index in [4.69, 9.17) is 0 Å². The lowest BCUT2D eigenvalue weighted by molar-refractivity contribution is -0.136. The van der Waals surface area contributed by atoms with Crippen LogP contribution in [0.25, 0.3) is 0 Å². The van der Waals surface area contributed by atoms with Gasteiger partial charge in [-0.15, -0.1) is 0 Å². The van der Waals surface area contributed by atoms with Gasteiger partial charge in [-0.05, 0) is 48.6 Å². The van der Waals surface area contributed by atoms with E-state index in [1.807, 2.05) is 11.9 Å². The number of carbonyl (C=O) groups is 1. The maximum absolute atomic E-state index is 12.6. The largest absolute Gasteiger partial charge is 0.341 e. The first-order chi connectivity index (χ1) is 9.67. The number of carbonyl (C=O) groups excluding carboxylic acids is 1. The Bertz CT molecular complexity index is 479. The molecule has 0 N–H and O–H groups in total. The van der Waals surface area contributed by atoms with Gasteiger partial charge in [-0.2, -0.15) is 0 Å². The number of aryl methyl sites for hydroxylation is 1. The molecule has 0 heterocycles. The Morgan fingerprint density at radius 3 is 2.40 bits per heavy atom. The minimum absolute atomic E-state index is 0.314. The van der Waals surface area contributed by atoms with Gasteiger partial charge in [0.25, 0.3) is 0 Å². The molecule has 1 amide bonds. The van der Waals surface area contributed by atoms with Crippen molar-refractivity contribution in [2.45, 2.75) is 45.6 Å². The standard InChI is InChI=1S/C18H25NO/c1-3-13-4-6-14(7-5-13)12-19(2)18(20)17-11-15-8-9-16(17)10-15/h4-7,15-17H,3,8-12H2,1-2H3. The molecule has 2 nitrogen and oxygen atoms in total. The van der Waals surface area contributed by atoms with Gasteiger partial charge in [0.05, 0.1) is 0 Å². The Balaban J connectivity index is 1.60. The first kappa shape index (κ1) is 13.7. The fraction of sp³-hybridized carbons (Fsp3) is 0.611. The van der Waals surface area contributed by atoms with Crippen LogP contribution in [0, 0.1) is 17.8 Å². The van der Waals surface area contributed by atoms with E-state index >= 15 is 0 Å². The quantitative estimate of drug-likeness (QED) is 0.818. The van der Waals surface area contributed by atoms with Gasteiger partial charge in [0, 0.05) is 19.5 Å². The van der Waals surface area contributed by atoms with Crippen LogP contribution in [0.5, 0.6) is 0 Å². The highest BCUT2D eigenvalue weighted by Crippen LogP contribution is 2.48. The van der Waals surface area contributed by atoms with Crippen molar-refractivity contribution in [2.75, 3.05) is 7.05 Å². The van der Waals surface area contributed by atoms with E-state index < -0.39 is 0 Å². The number of fused-ring (bicyclic) bond motifs is 2. The normalized spacial score (nSPS) is 27.8. The summed E-state index contributed by atoms with van der Waals surface area (Å²) in [6.07, 6.45) is 6.15. The Labute approximate surface area is 122 Å². The molecule has 2 saturated carbocycles. The Morgan fingerprint density at radius 2 is 1.85 bits per heavy atom. The number of hydrogen-bond acceptors (Lipinski definition) is 1. The van der Waals surface area contributed by atoms with Gasteiger partial charge in [0.1, 0.15) is 0 Å².